The lowest BCUT2D eigenvalue weighted by atomic mass is 10.1. The van der Waals surface area contributed by atoms with Gasteiger partial charge in [0.05, 0.1) is 12.6 Å². The molecule has 1 aliphatic rings. The minimum atomic E-state index is -0.181. The monoisotopic (exact) mass is 180 g/mol. The summed E-state index contributed by atoms with van der Waals surface area (Å²) < 4.78 is 2.17. The second kappa shape index (κ2) is 3.14. The highest BCUT2D eigenvalue weighted by Gasteiger charge is 2.20. The smallest absolute Gasteiger partial charge is 0.111 e. The van der Waals surface area contributed by atoms with Crippen LogP contribution in [0.1, 0.15) is 37.7 Å². The maximum absolute atomic E-state index is 9.53. The van der Waals surface area contributed by atoms with Crippen molar-refractivity contribution in [1.82, 2.24) is 9.55 Å². The number of rotatable bonds is 1. The van der Waals surface area contributed by atoms with Crippen molar-refractivity contribution in [3.05, 3.63) is 17.7 Å². The Kier molecular flexibility index (Phi) is 2.12. The number of fused-ring (bicyclic) bond motifs is 1. The zero-order valence-electron chi connectivity index (χ0n) is 8.20. The Balaban J connectivity index is 2.35. The number of nitrogens with zero attached hydrogens (tertiary/aromatic N) is 2. The van der Waals surface area contributed by atoms with Crippen LogP contribution in [0.4, 0.5) is 0 Å². The Morgan fingerprint density at radius 3 is 3.08 bits per heavy atom. The summed E-state index contributed by atoms with van der Waals surface area (Å²) in [6, 6.07) is 0. The minimum Gasteiger partial charge on any atom is -0.391 e. The predicted octanol–water partition coefficient (Wildman–Crippen LogP) is 1.31. The molecule has 1 aromatic rings. The molecule has 1 N–H and O–H groups in total. The van der Waals surface area contributed by atoms with E-state index < -0.39 is 0 Å². The highest BCUT2D eigenvalue weighted by atomic mass is 16.3. The van der Waals surface area contributed by atoms with Crippen LogP contribution in [0, 0.1) is 0 Å². The van der Waals surface area contributed by atoms with E-state index in [-0.39, 0.29) is 6.10 Å². The van der Waals surface area contributed by atoms with Crippen LogP contribution in [0.2, 0.25) is 0 Å². The summed E-state index contributed by atoms with van der Waals surface area (Å²) in [5.74, 6) is 1.55. The standard InChI is InChI=1S/C10H16N2O/c1-7(2)10-11-5-8-3-4-9(13)6-12(8)10/h5,7,9,13H,3-4,6H2,1-2H3. The van der Waals surface area contributed by atoms with Gasteiger partial charge in [0, 0.05) is 17.8 Å². The van der Waals surface area contributed by atoms with Gasteiger partial charge in [0.2, 0.25) is 0 Å². The van der Waals surface area contributed by atoms with Crippen LogP contribution in [-0.4, -0.2) is 20.8 Å². The molecular formula is C10H16N2O. The number of imidazole rings is 1. The molecule has 2 rings (SSSR count). The Labute approximate surface area is 78.4 Å². The van der Waals surface area contributed by atoms with E-state index in [2.05, 4.69) is 23.4 Å². The van der Waals surface area contributed by atoms with Gasteiger partial charge < -0.3 is 9.67 Å². The Hall–Kier alpha value is -0.830. The summed E-state index contributed by atoms with van der Waals surface area (Å²) in [6.07, 6.45) is 3.60. The highest BCUT2D eigenvalue weighted by Crippen LogP contribution is 2.21. The fourth-order valence-corrected chi connectivity index (χ4v) is 1.91. The molecule has 0 spiro atoms. The van der Waals surface area contributed by atoms with E-state index in [1.807, 2.05) is 6.20 Å². The average molecular weight is 180 g/mol. The molecular weight excluding hydrogens is 164 g/mol. The van der Waals surface area contributed by atoms with Gasteiger partial charge in [0.1, 0.15) is 5.82 Å². The number of aryl methyl sites for hydroxylation is 1. The zero-order valence-corrected chi connectivity index (χ0v) is 8.20. The van der Waals surface area contributed by atoms with E-state index >= 15 is 0 Å². The molecule has 0 aromatic carbocycles. The average Bonchev–Trinajstić information content (AvgIpc) is 2.46. The van der Waals surface area contributed by atoms with Crippen LogP contribution in [0.3, 0.4) is 0 Å². The third kappa shape index (κ3) is 1.48. The first kappa shape index (κ1) is 8.75. The van der Waals surface area contributed by atoms with Crippen LogP contribution < -0.4 is 0 Å². The van der Waals surface area contributed by atoms with E-state index in [9.17, 15) is 5.11 Å². The van der Waals surface area contributed by atoms with Crippen LogP contribution in [0.25, 0.3) is 0 Å². The molecule has 0 amide bonds. The number of hydrogen-bond acceptors (Lipinski definition) is 2. The van der Waals surface area contributed by atoms with Crippen molar-refractivity contribution in [3.8, 4) is 0 Å². The van der Waals surface area contributed by atoms with Gasteiger partial charge >= 0.3 is 0 Å². The molecule has 0 radical (unpaired) electrons. The van der Waals surface area contributed by atoms with Crippen LogP contribution in [-0.2, 0) is 13.0 Å². The Morgan fingerprint density at radius 2 is 2.38 bits per heavy atom. The van der Waals surface area contributed by atoms with Gasteiger partial charge in [-0.3, -0.25) is 0 Å². The maximum atomic E-state index is 9.53. The normalized spacial score (nSPS) is 22.0. The van der Waals surface area contributed by atoms with E-state index in [1.165, 1.54) is 5.69 Å². The van der Waals surface area contributed by atoms with Crippen LogP contribution in [0.5, 0.6) is 0 Å². The summed E-state index contributed by atoms with van der Waals surface area (Å²) in [5, 5.41) is 9.53. The van der Waals surface area contributed by atoms with E-state index in [4.69, 9.17) is 0 Å². The van der Waals surface area contributed by atoms with Crippen LogP contribution in [0.15, 0.2) is 6.20 Å². The van der Waals surface area contributed by atoms with Gasteiger partial charge in [-0.2, -0.15) is 0 Å². The third-order valence-corrected chi connectivity index (χ3v) is 2.61. The van der Waals surface area contributed by atoms with Crippen molar-refractivity contribution in [1.29, 1.82) is 0 Å². The molecule has 3 nitrogen and oxygen atoms in total. The maximum Gasteiger partial charge on any atom is 0.111 e. The molecule has 72 valence electrons. The summed E-state index contributed by atoms with van der Waals surface area (Å²) in [6.45, 7) is 5.00. The second-order valence-electron chi connectivity index (χ2n) is 4.07. The summed E-state index contributed by atoms with van der Waals surface area (Å²) in [7, 11) is 0. The fraction of sp³-hybridized carbons (Fsp3) is 0.700. The Bertz CT molecular complexity index is 304. The quantitative estimate of drug-likeness (QED) is 0.707. The van der Waals surface area contributed by atoms with Gasteiger partial charge in [-0.05, 0) is 12.8 Å². The summed E-state index contributed by atoms with van der Waals surface area (Å²) in [4.78, 5) is 4.38. The zero-order chi connectivity index (χ0) is 9.42. The molecule has 1 aliphatic heterocycles. The number of hydrogen-bond donors (Lipinski definition) is 1. The van der Waals surface area contributed by atoms with Gasteiger partial charge in [-0.1, -0.05) is 13.8 Å². The van der Waals surface area contributed by atoms with Crippen molar-refractivity contribution in [2.45, 2.75) is 45.3 Å². The second-order valence-corrected chi connectivity index (χ2v) is 4.07. The largest absolute Gasteiger partial charge is 0.391 e. The predicted molar refractivity (Wildman–Crippen MR) is 50.6 cm³/mol. The minimum absolute atomic E-state index is 0.181. The van der Waals surface area contributed by atoms with Crippen molar-refractivity contribution >= 4 is 0 Å². The molecule has 2 heterocycles. The number of aliphatic hydroxyl groups excluding tert-OH is 1. The summed E-state index contributed by atoms with van der Waals surface area (Å²) >= 11 is 0. The Morgan fingerprint density at radius 1 is 1.62 bits per heavy atom. The van der Waals surface area contributed by atoms with Gasteiger partial charge in [-0.25, -0.2) is 4.98 Å². The lowest BCUT2D eigenvalue weighted by Crippen LogP contribution is -2.25. The molecule has 0 saturated carbocycles. The highest BCUT2D eigenvalue weighted by molar-refractivity contribution is 5.11. The van der Waals surface area contributed by atoms with Crippen molar-refractivity contribution in [3.63, 3.8) is 0 Å². The first-order chi connectivity index (χ1) is 6.18. The van der Waals surface area contributed by atoms with Crippen LogP contribution >= 0.6 is 0 Å². The van der Waals surface area contributed by atoms with Crippen molar-refractivity contribution in [2.75, 3.05) is 0 Å². The van der Waals surface area contributed by atoms with Gasteiger partial charge in [0.25, 0.3) is 0 Å². The molecule has 1 unspecified atom stereocenters. The molecule has 3 heteroatoms. The molecule has 1 atom stereocenters. The van der Waals surface area contributed by atoms with Gasteiger partial charge in [-0.15, -0.1) is 0 Å². The topological polar surface area (TPSA) is 38.0 Å². The number of aliphatic hydroxyl groups is 1. The first-order valence-electron chi connectivity index (χ1n) is 4.91. The molecule has 13 heavy (non-hydrogen) atoms. The lowest BCUT2D eigenvalue weighted by Gasteiger charge is -2.22. The molecule has 0 saturated heterocycles. The van der Waals surface area contributed by atoms with Gasteiger partial charge in [0.15, 0.2) is 0 Å². The molecule has 1 aromatic heterocycles. The van der Waals surface area contributed by atoms with Crippen molar-refractivity contribution in [2.24, 2.45) is 0 Å². The van der Waals surface area contributed by atoms with Crippen molar-refractivity contribution < 1.29 is 5.11 Å². The lowest BCUT2D eigenvalue weighted by molar-refractivity contribution is 0.129. The summed E-state index contributed by atoms with van der Waals surface area (Å²) in [5.41, 5.74) is 1.27. The molecule has 0 aliphatic carbocycles. The third-order valence-electron chi connectivity index (χ3n) is 2.61. The van der Waals surface area contributed by atoms with E-state index in [1.54, 1.807) is 0 Å². The first-order valence-corrected chi connectivity index (χ1v) is 4.91. The number of aromatic nitrogens is 2. The molecule has 0 bridgehead atoms. The van der Waals surface area contributed by atoms with E-state index in [0.29, 0.717) is 5.92 Å². The fourth-order valence-electron chi connectivity index (χ4n) is 1.91. The molecule has 0 fully saturated rings. The SMILES string of the molecule is CC(C)c1ncc2n1CC(O)CC2. The van der Waals surface area contributed by atoms with E-state index in [0.717, 1.165) is 25.2 Å².